The van der Waals surface area contributed by atoms with Crippen LogP contribution in [0.3, 0.4) is 0 Å². The Morgan fingerprint density at radius 3 is 2.46 bits per heavy atom. The second-order valence-electron chi connectivity index (χ2n) is 6.60. The lowest BCUT2D eigenvalue weighted by atomic mass is 9.95. The van der Waals surface area contributed by atoms with Crippen LogP contribution in [0.2, 0.25) is 0 Å². The van der Waals surface area contributed by atoms with Crippen LogP contribution in [0, 0.1) is 0 Å². The molecule has 0 aliphatic carbocycles. The van der Waals surface area contributed by atoms with Crippen molar-refractivity contribution in [2.45, 2.75) is 19.4 Å². The third-order valence-electron chi connectivity index (χ3n) is 4.65. The number of hydrogen-bond acceptors (Lipinski definition) is 3. The summed E-state index contributed by atoms with van der Waals surface area (Å²) in [6.45, 7) is 5.49. The topological polar surface area (TPSA) is 49.3 Å². The lowest BCUT2D eigenvalue weighted by molar-refractivity contribution is -0.117. The Hall–Kier alpha value is -2.91. The minimum Gasteiger partial charge on any atom is -0.507 e. The average molecular weight is 345 g/mol. The van der Waals surface area contributed by atoms with E-state index in [9.17, 15) is 9.90 Å². The van der Waals surface area contributed by atoms with Gasteiger partial charge < -0.3 is 10.4 Å². The van der Waals surface area contributed by atoms with Crippen LogP contribution < -0.4 is 5.32 Å². The molecule has 0 bridgehead atoms. The van der Waals surface area contributed by atoms with Crippen molar-refractivity contribution in [3.63, 3.8) is 0 Å². The van der Waals surface area contributed by atoms with Crippen molar-refractivity contribution in [2.75, 3.05) is 7.05 Å². The molecular weight excluding hydrogens is 322 g/mol. The second-order valence-corrected chi connectivity index (χ2v) is 6.60. The molecule has 0 amide bonds. The van der Waals surface area contributed by atoms with Gasteiger partial charge in [0.25, 0.3) is 0 Å². The van der Waals surface area contributed by atoms with Crippen molar-refractivity contribution in [3.05, 3.63) is 78.4 Å². The lowest BCUT2D eigenvalue weighted by Gasteiger charge is -2.15. The van der Waals surface area contributed by atoms with Crippen molar-refractivity contribution < 1.29 is 9.90 Å². The van der Waals surface area contributed by atoms with E-state index in [4.69, 9.17) is 0 Å². The zero-order valence-corrected chi connectivity index (χ0v) is 15.1. The summed E-state index contributed by atoms with van der Waals surface area (Å²) in [5.74, 6) is 0.320. The largest absolute Gasteiger partial charge is 0.507 e. The number of phenolic OH excluding ortho intramolecular Hbond substituents is 1. The number of nitrogens with one attached hydrogen (secondary N) is 1. The predicted molar refractivity (Wildman–Crippen MR) is 107 cm³/mol. The Morgan fingerprint density at radius 2 is 1.77 bits per heavy atom. The van der Waals surface area contributed by atoms with E-state index >= 15 is 0 Å². The number of Topliss-reactive ketones (excluding diaryl/α,β-unsaturated/α-hetero) is 1. The van der Waals surface area contributed by atoms with E-state index in [0.29, 0.717) is 12.0 Å². The molecule has 0 radical (unpaired) electrons. The third kappa shape index (κ3) is 3.68. The van der Waals surface area contributed by atoms with Gasteiger partial charge in [-0.15, -0.1) is 0 Å². The molecule has 3 heteroatoms. The minimum atomic E-state index is -0.259. The Labute approximate surface area is 154 Å². The second kappa shape index (κ2) is 7.54. The first-order valence-electron chi connectivity index (χ1n) is 8.67. The van der Waals surface area contributed by atoms with Crippen molar-refractivity contribution >= 4 is 16.6 Å². The van der Waals surface area contributed by atoms with E-state index in [0.717, 1.165) is 27.5 Å². The maximum Gasteiger partial charge on any atom is 0.175 e. The number of likely N-dealkylation sites (N-methyl/N-ethyl adjacent to an activating group) is 1. The summed E-state index contributed by atoms with van der Waals surface area (Å²) in [6.07, 6.45) is 0.624. The van der Waals surface area contributed by atoms with Crippen LogP contribution in [0.4, 0.5) is 0 Å². The molecule has 0 spiro atoms. The van der Waals surface area contributed by atoms with Gasteiger partial charge >= 0.3 is 0 Å². The fourth-order valence-corrected chi connectivity index (χ4v) is 3.17. The first kappa shape index (κ1) is 17.9. The summed E-state index contributed by atoms with van der Waals surface area (Å²) in [7, 11) is 1.80. The van der Waals surface area contributed by atoms with E-state index in [1.54, 1.807) is 20.0 Å². The zero-order chi connectivity index (χ0) is 18.7. The molecule has 1 atom stereocenters. The van der Waals surface area contributed by atoms with Crippen molar-refractivity contribution in [1.29, 1.82) is 0 Å². The van der Waals surface area contributed by atoms with Gasteiger partial charge in [0.2, 0.25) is 0 Å². The highest BCUT2D eigenvalue weighted by Crippen LogP contribution is 2.31. The van der Waals surface area contributed by atoms with E-state index in [1.165, 1.54) is 0 Å². The van der Waals surface area contributed by atoms with E-state index < -0.39 is 0 Å². The monoisotopic (exact) mass is 345 g/mol. The molecule has 3 rings (SSSR count). The highest BCUT2D eigenvalue weighted by Gasteiger charge is 2.17. The van der Waals surface area contributed by atoms with Crippen LogP contribution in [0.25, 0.3) is 21.9 Å². The minimum absolute atomic E-state index is 0.0440. The quantitative estimate of drug-likeness (QED) is 0.647. The van der Waals surface area contributed by atoms with Gasteiger partial charge in [-0.25, -0.2) is 0 Å². The Bertz CT molecular complexity index is 975. The molecule has 0 aliphatic heterocycles. The number of carbonyl (C=O) groups excluding carboxylic acids is 1. The van der Waals surface area contributed by atoms with Crippen LogP contribution in [0.15, 0.2) is 72.8 Å². The van der Waals surface area contributed by atoms with Gasteiger partial charge in [0.1, 0.15) is 5.75 Å². The highest BCUT2D eigenvalue weighted by molar-refractivity contribution is 5.98. The number of phenols is 1. The fourth-order valence-electron chi connectivity index (χ4n) is 3.17. The number of benzene rings is 3. The molecule has 3 aromatic rings. The highest BCUT2D eigenvalue weighted by atomic mass is 16.3. The SMILES string of the molecule is C=C(C)C(=O)C(Cc1ccc2cc(-c3ccccc3O)ccc2c1)NC. The van der Waals surface area contributed by atoms with Gasteiger partial charge in [-0.3, -0.25) is 4.79 Å². The van der Waals surface area contributed by atoms with Gasteiger partial charge in [0.15, 0.2) is 5.78 Å². The standard InChI is InChI=1S/C23H23NO2/c1-15(2)23(26)21(24-3)13-16-8-9-18-14-19(11-10-17(18)12-16)20-6-4-5-7-22(20)25/h4-12,14,21,24-25H,1,13H2,2-3H3. The summed E-state index contributed by atoms with van der Waals surface area (Å²) in [5, 5.41) is 15.3. The summed E-state index contributed by atoms with van der Waals surface area (Å²) >= 11 is 0. The number of para-hydroxylation sites is 1. The van der Waals surface area contributed by atoms with E-state index in [-0.39, 0.29) is 17.6 Å². The predicted octanol–water partition coefficient (Wildman–Crippen LogP) is 4.49. The third-order valence-corrected chi connectivity index (χ3v) is 4.65. The number of rotatable bonds is 6. The van der Waals surface area contributed by atoms with Gasteiger partial charge in [-0.05, 0) is 60.0 Å². The van der Waals surface area contributed by atoms with Crippen molar-refractivity contribution in [2.24, 2.45) is 0 Å². The Balaban J connectivity index is 1.91. The fraction of sp³-hybridized carbons (Fsp3) is 0.174. The van der Waals surface area contributed by atoms with E-state index in [2.05, 4.69) is 36.2 Å². The average Bonchev–Trinajstić information content (AvgIpc) is 2.65. The maximum atomic E-state index is 12.2. The van der Waals surface area contributed by atoms with Crippen LogP contribution in [-0.4, -0.2) is 24.0 Å². The van der Waals surface area contributed by atoms with Gasteiger partial charge in [-0.1, -0.05) is 55.1 Å². The zero-order valence-electron chi connectivity index (χ0n) is 15.1. The van der Waals surface area contributed by atoms with Gasteiger partial charge in [0.05, 0.1) is 6.04 Å². The number of aromatic hydroxyl groups is 1. The van der Waals surface area contributed by atoms with Crippen LogP contribution in [-0.2, 0) is 11.2 Å². The first-order chi connectivity index (χ1) is 12.5. The number of fused-ring (bicyclic) bond motifs is 1. The lowest BCUT2D eigenvalue weighted by Crippen LogP contribution is -2.36. The van der Waals surface area contributed by atoms with Crippen molar-refractivity contribution in [3.8, 4) is 16.9 Å². The molecule has 1 unspecified atom stereocenters. The summed E-state index contributed by atoms with van der Waals surface area (Å²) in [4.78, 5) is 12.2. The summed E-state index contributed by atoms with van der Waals surface area (Å²) in [6, 6.07) is 19.4. The summed E-state index contributed by atoms with van der Waals surface area (Å²) in [5.41, 5.74) is 3.47. The number of ketones is 1. The van der Waals surface area contributed by atoms with Crippen LogP contribution >= 0.6 is 0 Å². The maximum absolute atomic E-state index is 12.2. The van der Waals surface area contributed by atoms with Gasteiger partial charge in [0, 0.05) is 5.56 Å². The molecule has 0 fully saturated rings. The summed E-state index contributed by atoms with van der Waals surface area (Å²) < 4.78 is 0. The molecule has 0 aromatic heterocycles. The first-order valence-corrected chi connectivity index (χ1v) is 8.67. The van der Waals surface area contributed by atoms with Crippen molar-refractivity contribution in [1.82, 2.24) is 5.32 Å². The molecular formula is C23H23NO2. The van der Waals surface area contributed by atoms with E-state index in [1.807, 2.05) is 30.3 Å². The molecule has 0 saturated heterocycles. The smallest absolute Gasteiger partial charge is 0.175 e. The molecule has 26 heavy (non-hydrogen) atoms. The molecule has 0 saturated carbocycles. The number of hydrogen-bond donors (Lipinski definition) is 2. The molecule has 2 N–H and O–H groups in total. The van der Waals surface area contributed by atoms with Crippen LogP contribution in [0.5, 0.6) is 5.75 Å². The molecule has 3 aromatic carbocycles. The van der Waals surface area contributed by atoms with Gasteiger partial charge in [-0.2, -0.15) is 0 Å². The molecule has 132 valence electrons. The molecule has 0 aliphatic rings. The molecule has 3 nitrogen and oxygen atoms in total. The van der Waals surface area contributed by atoms with Crippen LogP contribution in [0.1, 0.15) is 12.5 Å². The Morgan fingerprint density at radius 1 is 1.08 bits per heavy atom. The Kier molecular flexibility index (Phi) is 5.19. The normalized spacial score (nSPS) is 12.1. The number of carbonyl (C=O) groups is 1. The molecule has 0 heterocycles.